The smallest absolute Gasteiger partial charge is 0.417 e. The molecule has 2 aromatic heterocycles. The number of methoxy groups -OCH3 is 2. The maximum absolute atomic E-state index is 17.8. The van der Waals surface area contributed by atoms with Crippen molar-refractivity contribution in [2.45, 2.75) is 109 Å². The van der Waals surface area contributed by atoms with Crippen LogP contribution in [-0.4, -0.2) is 101 Å². The third-order valence-electron chi connectivity index (χ3n) is 13.5. The molecule has 69 heavy (non-hydrogen) atoms. The monoisotopic (exact) mass is 968 g/mol. The molecule has 2 bridgehead atoms. The molecular weight excluding hydrogens is 918 g/mol. The van der Waals surface area contributed by atoms with Gasteiger partial charge in [-0.05, 0) is 94.5 Å². The SMILES string of the molecule is COc1ccc(CN(Cc2ccc(OC)cc2)c2cc(-c3nc4c5c(nc(OC[C@@]6(CO)CC6(F)F)nc5c3F)N3C[C@H]5CC[C@@H]([C@H]3[C@H](C)O4)N5C(=O)OC(C)(C)C)c(C(F)(F)F)c(C)c2F)cc1. The van der Waals surface area contributed by atoms with E-state index in [4.69, 9.17) is 23.7 Å². The topological polar surface area (TPSA) is 132 Å². The summed E-state index contributed by atoms with van der Waals surface area (Å²) in [7, 11) is 2.98. The summed E-state index contributed by atoms with van der Waals surface area (Å²) < 4.78 is 139. The highest BCUT2D eigenvalue weighted by Gasteiger charge is 2.71. The van der Waals surface area contributed by atoms with Crippen LogP contribution in [0, 0.1) is 24.0 Å². The van der Waals surface area contributed by atoms with E-state index in [1.165, 1.54) is 19.1 Å². The Balaban J connectivity index is 1.23. The molecule has 20 heteroatoms. The number of halogens is 7. The average molecular weight is 969 g/mol. The predicted octanol–water partition coefficient (Wildman–Crippen LogP) is 9.66. The van der Waals surface area contributed by atoms with Gasteiger partial charge < -0.3 is 38.6 Å². The van der Waals surface area contributed by atoms with Crippen LogP contribution < -0.4 is 28.7 Å². The standard InChI is InChI=1S/C49H51F7N6O7/c1-25-36(49(54,55)56)32(18-34(37(25)50)60(19-27-8-13-30(65-6)14-9-27)20-28-10-15-31(66-7)16-11-28)39-38(51)40-35-42(59-44(58-40)67-24-47(23-63)22-48(47,52)53)61-21-29-12-17-33(41(61)26(2)68-43(35)57-39)62(29)45(64)69-46(3,4)5/h8-11,13-16,18,26,29,33,41,63H,12,17,19-24H2,1-7H3/t26-,29+,33-,41+,47-/m0/s1. The first kappa shape index (κ1) is 47.7. The number of ether oxygens (including phenoxy) is 5. The molecule has 0 spiro atoms. The molecule has 3 aliphatic heterocycles. The minimum absolute atomic E-state index is 0.0178. The number of pyridine rings is 1. The summed E-state index contributed by atoms with van der Waals surface area (Å²) in [6.07, 6.45) is -6.38. The van der Waals surface area contributed by atoms with Gasteiger partial charge in [0.05, 0.1) is 55.6 Å². The lowest BCUT2D eigenvalue weighted by Gasteiger charge is -2.48. The summed E-state index contributed by atoms with van der Waals surface area (Å²) in [5.74, 6) is -5.20. The second kappa shape index (κ2) is 17.3. The van der Waals surface area contributed by atoms with Crippen LogP contribution in [0.5, 0.6) is 23.4 Å². The summed E-state index contributed by atoms with van der Waals surface area (Å²) in [5.41, 5.74) is -6.55. The molecule has 1 amide bonds. The Morgan fingerprint density at radius 3 is 2.07 bits per heavy atom. The van der Waals surface area contributed by atoms with Crippen molar-refractivity contribution >= 4 is 28.5 Å². The molecular formula is C49H51F7N6O7. The van der Waals surface area contributed by atoms with Crippen LogP contribution in [-0.2, 0) is 24.0 Å². The van der Waals surface area contributed by atoms with Crippen LogP contribution in [0.1, 0.15) is 69.2 Å². The van der Waals surface area contributed by atoms with Crippen molar-refractivity contribution in [3.63, 3.8) is 0 Å². The van der Waals surface area contributed by atoms with Gasteiger partial charge in [0.15, 0.2) is 5.82 Å². The molecule has 3 aromatic carbocycles. The van der Waals surface area contributed by atoms with E-state index in [-0.39, 0.29) is 42.4 Å². The van der Waals surface area contributed by atoms with Crippen LogP contribution in [0.25, 0.3) is 22.2 Å². The molecule has 1 N–H and O–H groups in total. The number of aromatic nitrogens is 3. The van der Waals surface area contributed by atoms with Gasteiger partial charge in [0, 0.05) is 31.6 Å². The number of hydrogen-bond acceptors (Lipinski definition) is 12. The third-order valence-corrected chi connectivity index (χ3v) is 13.5. The molecule has 2 saturated heterocycles. The number of carbonyl (C=O) groups is 1. The molecule has 13 nitrogen and oxygen atoms in total. The van der Waals surface area contributed by atoms with Gasteiger partial charge in [0.1, 0.15) is 58.0 Å². The van der Waals surface area contributed by atoms with Gasteiger partial charge in [-0.1, -0.05) is 24.3 Å². The molecule has 5 atom stereocenters. The van der Waals surface area contributed by atoms with E-state index in [9.17, 15) is 18.7 Å². The maximum atomic E-state index is 17.8. The Bertz CT molecular complexity index is 2740. The van der Waals surface area contributed by atoms with Crippen LogP contribution >= 0.6 is 0 Å². The summed E-state index contributed by atoms with van der Waals surface area (Å²) in [6, 6.07) is 12.2. The Labute approximate surface area is 393 Å². The Hall–Kier alpha value is -6.31. The lowest BCUT2D eigenvalue weighted by Crippen LogP contribution is -2.65. The Kier molecular flexibility index (Phi) is 12.0. The molecule has 368 valence electrons. The van der Waals surface area contributed by atoms with Crippen LogP contribution in [0.3, 0.4) is 0 Å². The van der Waals surface area contributed by atoms with E-state index in [1.54, 1.807) is 86.0 Å². The number of hydrogen-bond donors (Lipinski definition) is 1. The molecule has 5 aromatic rings. The normalized spacial score (nSPS) is 22.4. The van der Waals surface area contributed by atoms with Gasteiger partial charge in [-0.25, -0.2) is 27.3 Å². The largest absolute Gasteiger partial charge is 0.497 e. The van der Waals surface area contributed by atoms with Crippen molar-refractivity contribution in [2.75, 3.05) is 43.8 Å². The molecule has 4 aliphatic rings. The zero-order valence-corrected chi connectivity index (χ0v) is 38.9. The Morgan fingerprint density at radius 2 is 1.54 bits per heavy atom. The molecule has 1 aliphatic carbocycles. The lowest BCUT2D eigenvalue weighted by atomic mass is 9.95. The van der Waals surface area contributed by atoms with Crippen LogP contribution in [0.2, 0.25) is 0 Å². The number of amides is 1. The third kappa shape index (κ3) is 8.62. The van der Waals surface area contributed by atoms with Crippen LogP contribution in [0.15, 0.2) is 54.6 Å². The molecule has 0 radical (unpaired) electrons. The van der Waals surface area contributed by atoms with Crippen molar-refractivity contribution in [2.24, 2.45) is 5.41 Å². The molecule has 5 heterocycles. The first-order valence-electron chi connectivity index (χ1n) is 22.5. The molecule has 3 fully saturated rings. The number of piperazine rings is 1. The fourth-order valence-electron chi connectivity index (χ4n) is 9.91. The highest BCUT2D eigenvalue weighted by molar-refractivity contribution is 5.98. The zero-order chi connectivity index (χ0) is 49.5. The number of carbonyl (C=O) groups excluding carboxylic acids is 1. The van der Waals surface area contributed by atoms with Crippen molar-refractivity contribution in [3.05, 3.63) is 88.5 Å². The van der Waals surface area contributed by atoms with Gasteiger partial charge >= 0.3 is 18.3 Å². The van der Waals surface area contributed by atoms with E-state index < -0.39 is 119 Å². The van der Waals surface area contributed by atoms with Crippen molar-refractivity contribution in [1.29, 1.82) is 0 Å². The average Bonchev–Trinajstić information content (AvgIpc) is 3.76. The summed E-state index contributed by atoms with van der Waals surface area (Å²) in [6.45, 7) is 6.17. The minimum Gasteiger partial charge on any atom is -0.497 e. The number of anilines is 2. The number of nitrogens with zero attached hydrogens (tertiary/aromatic N) is 6. The summed E-state index contributed by atoms with van der Waals surface area (Å²) >= 11 is 0. The van der Waals surface area contributed by atoms with Gasteiger partial charge in [0.25, 0.3) is 5.92 Å². The zero-order valence-electron chi connectivity index (χ0n) is 38.9. The van der Waals surface area contributed by atoms with E-state index in [0.717, 1.165) is 13.0 Å². The highest BCUT2D eigenvalue weighted by Crippen LogP contribution is 2.60. The van der Waals surface area contributed by atoms with E-state index in [1.807, 2.05) is 0 Å². The fraction of sp³-hybridized carbons (Fsp3) is 0.469. The van der Waals surface area contributed by atoms with E-state index in [0.29, 0.717) is 35.5 Å². The van der Waals surface area contributed by atoms with E-state index >= 15 is 22.0 Å². The van der Waals surface area contributed by atoms with Gasteiger partial charge in [0.2, 0.25) is 5.88 Å². The number of benzene rings is 3. The van der Waals surface area contributed by atoms with Crippen molar-refractivity contribution in [1.82, 2.24) is 19.9 Å². The van der Waals surface area contributed by atoms with Gasteiger partial charge in [-0.2, -0.15) is 23.1 Å². The molecule has 0 unspecified atom stereocenters. The quantitative estimate of drug-likeness (QED) is 0.120. The van der Waals surface area contributed by atoms with Gasteiger partial charge in [-0.15, -0.1) is 0 Å². The minimum atomic E-state index is -5.26. The van der Waals surface area contributed by atoms with Gasteiger partial charge in [-0.3, -0.25) is 4.90 Å². The number of aliphatic hydroxyl groups is 1. The number of alkyl halides is 5. The Morgan fingerprint density at radius 1 is 0.928 bits per heavy atom. The summed E-state index contributed by atoms with van der Waals surface area (Å²) in [5, 5.41) is 9.81. The molecule has 9 rings (SSSR count). The predicted molar refractivity (Wildman–Crippen MR) is 239 cm³/mol. The first-order valence-corrected chi connectivity index (χ1v) is 22.5. The van der Waals surface area contributed by atoms with Crippen molar-refractivity contribution in [3.8, 4) is 34.6 Å². The second-order valence-electron chi connectivity index (χ2n) is 19.2. The fourth-order valence-corrected chi connectivity index (χ4v) is 9.91. The maximum Gasteiger partial charge on any atom is 0.417 e. The number of rotatable bonds is 12. The molecule has 1 saturated carbocycles. The summed E-state index contributed by atoms with van der Waals surface area (Å²) in [4.78, 5) is 32.1. The number of fused-ring (bicyclic) bond motifs is 5. The number of aliphatic hydroxyl groups excluding tert-OH is 1. The van der Waals surface area contributed by atoms with Crippen molar-refractivity contribution < 1.29 is 64.3 Å². The highest BCUT2D eigenvalue weighted by atomic mass is 19.4. The second-order valence-corrected chi connectivity index (χ2v) is 19.2. The first-order chi connectivity index (χ1) is 32.6. The lowest BCUT2D eigenvalue weighted by molar-refractivity contribution is -0.137. The van der Waals surface area contributed by atoms with E-state index in [2.05, 4.69) is 15.0 Å². The van der Waals surface area contributed by atoms with Crippen LogP contribution in [0.4, 0.5) is 47.0 Å².